The first kappa shape index (κ1) is 13.6. The second kappa shape index (κ2) is 6.39. The van der Waals surface area contributed by atoms with Crippen LogP contribution in [0.15, 0.2) is 58.5 Å². The van der Waals surface area contributed by atoms with E-state index in [0.717, 1.165) is 11.1 Å². The van der Waals surface area contributed by atoms with Crippen LogP contribution in [0, 0.1) is 0 Å². The molecule has 0 saturated carbocycles. The first-order valence-electron chi connectivity index (χ1n) is 6.10. The Kier molecular flexibility index (Phi) is 4.35. The van der Waals surface area contributed by atoms with E-state index in [1.54, 1.807) is 18.2 Å². The van der Waals surface area contributed by atoms with Crippen molar-refractivity contribution >= 4 is 23.5 Å². The van der Waals surface area contributed by atoms with E-state index in [2.05, 4.69) is 16.9 Å². The Morgan fingerprint density at radius 2 is 1.50 bits per heavy atom. The van der Waals surface area contributed by atoms with Crippen molar-refractivity contribution in [3.05, 3.63) is 59.7 Å². The van der Waals surface area contributed by atoms with Crippen LogP contribution >= 0.6 is 0 Å². The zero-order valence-corrected chi connectivity index (χ0v) is 10.9. The second-order valence-corrected chi connectivity index (χ2v) is 4.31. The van der Waals surface area contributed by atoms with E-state index in [1.807, 2.05) is 30.3 Å². The van der Waals surface area contributed by atoms with Crippen molar-refractivity contribution in [1.29, 1.82) is 0 Å². The predicted octanol–water partition coefficient (Wildman–Crippen LogP) is 3.77. The summed E-state index contributed by atoms with van der Waals surface area (Å²) in [5.74, 6) is 0.145. The quantitative estimate of drug-likeness (QED) is 0.623. The highest BCUT2D eigenvalue weighted by molar-refractivity contribution is 5.52. The van der Waals surface area contributed by atoms with E-state index in [4.69, 9.17) is 0 Å². The molecule has 0 aliphatic carbocycles. The van der Waals surface area contributed by atoms with Crippen LogP contribution in [0.25, 0.3) is 0 Å². The third-order valence-electron chi connectivity index (χ3n) is 3.11. The van der Waals surface area contributed by atoms with Gasteiger partial charge in [-0.1, -0.05) is 31.2 Å². The second-order valence-electron chi connectivity index (χ2n) is 4.31. The molecule has 0 aromatic heterocycles. The van der Waals surface area contributed by atoms with Gasteiger partial charge in [0, 0.05) is 5.92 Å². The molecule has 1 atom stereocenters. The van der Waals surface area contributed by atoms with Crippen LogP contribution in [0.5, 0.6) is 0 Å². The lowest BCUT2D eigenvalue weighted by Gasteiger charge is -2.12. The Morgan fingerprint density at radius 3 is 2.15 bits per heavy atom. The fraction of sp³-hybridized carbons (Fsp3) is 0.125. The van der Waals surface area contributed by atoms with E-state index >= 15 is 0 Å². The highest BCUT2D eigenvalue weighted by Crippen LogP contribution is 2.28. The van der Waals surface area contributed by atoms with Crippen LogP contribution in [0.1, 0.15) is 24.0 Å². The molecule has 0 N–H and O–H groups in total. The summed E-state index contributed by atoms with van der Waals surface area (Å²) in [5, 5.41) is 0. The van der Waals surface area contributed by atoms with Gasteiger partial charge in [0.05, 0.1) is 11.4 Å². The topological polar surface area (TPSA) is 58.9 Å². The van der Waals surface area contributed by atoms with Gasteiger partial charge in [0.15, 0.2) is 0 Å². The van der Waals surface area contributed by atoms with Gasteiger partial charge >= 0.3 is 0 Å². The lowest BCUT2D eigenvalue weighted by molar-refractivity contribution is 0.564. The molecule has 0 aliphatic rings. The SMILES string of the molecule is CC(c1ccc(N=C=O)cc1)c1cccc(N=C=O)c1. The van der Waals surface area contributed by atoms with Gasteiger partial charge in [-0.05, 0) is 35.4 Å². The molecule has 2 aromatic rings. The van der Waals surface area contributed by atoms with E-state index in [9.17, 15) is 9.59 Å². The number of aliphatic imine (C=N–C) groups is 2. The Balaban J connectivity index is 2.30. The zero-order chi connectivity index (χ0) is 14.4. The summed E-state index contributed by atoms with van der Waals surface area (Å²) >= 11 is 0. The number of rotatable bonds is 4. The summed E-state index contributed by atoms with van der Waals surface area (Å²) in [6.45, 7) is 2.06. The van der Waals surface area contributed by atoms with Crippen molar-refractivity contribution in [3.63, 3.8) is 0 Å². The Morgan fingerprint density at radius 1 is 0.850 bits per heavy atom. The molecule has 98 valence electrons. The molecule has 2 aromatic carbocycles. The van der Waals surface area contributed by atoms with Crippen molar-refractivity contribution in [1.82, 2.24) is 0 Å². The fourth-order valence-electron chi connectivity index (χ4n) is 2.00. The summed E-state index contributed by atoms with van der Waals surface area (Å²) in [5.41, 5.74) is 3.30. The minimum atomic E-state index is 0.145. The summed E-state index contributed by atoms with van der Waals surface area (Å²) in [6, 6.07) is 14.8. The highest BCUT2D eigenvalue weighted by atomic mass is 16.1. The number of nitrogens with zero attached hydrogens (tertiary/aromatic N) is 2. The van der Waals surface area contributed by atoms with Crippen LogP contribution in [0.3, 0.4) is 0 Å². The van der Waals surface area contributed by atoms with Crippen molar-refractivity contribution in [3.8, 4) is 0 Å². The molecular formula is C16H12N2O2. The average Bonchev–Trinajstić information content (AvgIpc) is 2.48. The molecule has 0 radical (unpaired) electrons. The monoisotopic (exact) mass is 264 g/mol. The Bertz CT molecular complexity index is 695. The molecule has 0 aliphatic heterocycles. The van der Waals surface area contributed by atoms with E-state index < -0.39 is 0 Å². The average molecular weight is 264 g/mol. The first-order valence-corrected chi connectivity index (χ1v) is 6.10. The van der Waals surface area contributed by atoms with Gasteiger partial charge in [-0.15, -0.1) is 0 Å². The minimum Gasteiger partial charge on any atom is -0.211 e. The van der Waals surface area contributed by atoms with Gasteiger partial charge in [0.25, 0.3) is 0 Å². The minimum absolute atomic E-state index is 0.145. The maximum atomic E-state index is 10.3. The third kappa shape index (κ3) is 3.15. The smallest absolute Gasteiger partial charge is 0.211 e. The van der Waals surface area contributed by atoms with Gasteiger partial charge in [-0.25, -0.2) is 9.59 Å². The van der Waals surface area contributed by atoms with E-state index in [0.29, 0.717) is 11.4 Å². The lowest BCUT2D eigenvalue weighted by Crippen LogP contribution is -1.95. The molecule has 4 heteroatoms. The number of benzene rings is 2. The van der Waals surface area contributed by atoms with Gasteiger partial charge < -0.3 is 0 Å². The molecule has 0 amide bonds. The van der Waals surface area contributed by atoms with Crippen molar-refractivity contribution in [2.75, 3.05) is 0 Å². The van der Waals surface area contributed by atoms with Crippen molar-refractivity contribution in [2.45, 2.75) is 12.8 Å². The van der Waals surface area contributed by atoms with Gasteiger partial charge in [-0.2, -0.15) is 9.98 Å². The number of hydrogen-bond acceptors (Lipinski definition) is 4. The zero-order valence-electron chi connectivity index (χ0n) is 10.9. The van der Waals surface area contributed by atoms with Crippen LogP contribution in [-0.4, -0.2) is 12.2 Å². The molecule has 0 fully saturated rings. The number of hydrogen-bond donors (Lipinski definition) is 0. The molecular weight excluding hydrogens is 252 g/mol. The summed E-state index contributed by atoms with van der Waals surface area (Å²) in [4.78, 5) is 27.6. The van der Waals surface area contributed by atoms with Crippen molar-refractivity contribution in [2.24, 2.45) is 9.98 Å². The van der Waals surface area contributed by atoms with E-state index in [-0.39, 0.29) is 5.92 Å². The maximum absolute atomic E-state index is 10.3. The summed E-state index contributed by atoms with van der Waals surface area (Å²) < 4.78 is 0. The molecule has 1 unspecified atom stereocenters. The summed E-state index contributed by atoms with van der Waals surface area (Å²) in [6.07, 6.45) is 3.05. The normalized spacial score (nSPS) is 11.1. The van der Waals surface area contributed by atoms with Gasteiger partial charge in [-0.3, -0.25) is 0 Å². The van der Waals surface area contributed by atoms with E-state index in [1.165, 1.54) is 12.2 Å². The van der Waals surface area contributed by atoms with Crippen LogP contribution < -0.4 is 0 Å². The van der Waals surface area contributed by atoms with Crippen LogP contribution in [0.4, 0.5) is 11.4 Å². The van der Waals surface area contributed by atoms with Crippen LogP contribution in [0.2, 0.25) is 0 Å². The third-order valence-corrected chi connectivity index (χ3v) is 3.11. The Labute approximate surface area is 116 Å². The molecule has 20 heavy (non-hydrogen) atoms. The lowest BCUT2D eigenvalue weighted by atomic mass is 9.93. The van der Waals surface area contributed by atoms with Gasteiger partial charge in [0.1, 0.15) is 0 Å². The number of isocyanates is 2. The predicted molar refractivity (Wildman–Crippen MR) is 76.0 cm³/mol. The molecule has 0 bridgehead atoms. The molecule has 0 spiro atoms. The molecule has 4 nitrogen and oxygen atoms in total. The van der Waals surface area contributed by atoms with Gasteiger partial charge in [0.2, 0.25) is 12.2 Å². The molecule has 0 saturated heterocycles. The molecule has 2 rings (SSSR count). The highest BCUT2D eigenvalue weighted by Gasteiger charge is 2.08. The largest absolute Gasteiger partial charge is 0.240 e. The maximum Gasteiger partial charge on any atom is 0.240 e. The fourth-order valence-corrected chi connectivity index (χ4v) is 2.00. The first-order chi connectivity index (χ1) is 9.74. The standard InChI is InChI=1S/C16H12N2O2/c1-12(13-5-7-15(8-6-13)17-10-19)14-3-2-4-16(9-14)18-11-20/h2-9,12H,1H3. The molecule has 0 heterocycles. The van der Waals surface area contributed by atoms with Crippen LogP contribution in [-0.2, 0) is 9.59 Å². The van der Waals surface area contributed by atoms with Crippen molar-refractivity contribution < 1.29 is 9.59 Å². The summed E-state index contributed by atoms with van der Waals surface area (Å²) in [7, 11) is 0. The number of carbonyl (C=O) groups excluding carboxylic acids is 2. The Hall–Kier alpha value is -2.80.